The summed E-state index contributed by atoms with van der Waals surface area (Å²) < 4.78 is 25.6. The number of H-pyrrole nitrogens is 1. The van der Waals surface area contributed by atoms with Gasteiger partial charge in [0.15, 0.2) is 5.03 Å². The molecule has 1 aliphatic heterocycles. The van der Waals surface area contributed by atoms with Crippen molar-refractivity contribution in [3.8, 4) is 0 Å². The number of sulfonamides is 1. The lowest BCUT2D eigenvalue weighted by Gasteiger charge is -2.13. The third kappa shape index (κ3) is 1.98. The van der Waals surface area contributed by atoms with E-state index in [2.05, 4.69) is 9.97 Å². The van der Waals surface area contributed by atoms with Gasteiger partial charge < -0.3 is 10.7 Å². The fraction of sp³-hybridized carbons (Fsp3) is 0.667. The highest BCUT2D eigenvalue weighted by molar-refractivity contribution is 7.89. The molecule has 3 N–H and O–H groups in total. The molecule has 7 heteroatoms. The lowest BCUT2D eigenvalue weighted by molar-refractivity contribution is 0.470. The first kappa shape index (κ1) is 11.6. The summed E-state index contributed by atoms with van der Waals surface area (Å²) in [6.07, 6.45) is 2.78. The van der Waals surface area contributed by atoms with Crippen LogP contribution in [0.5, 0.6) is 0 Å². The first-order valence-corrected chi connectivity index (χ1v) is 6.77. The molecule has 0 aromatic carbocycles. The van der Waals surface area contributed by atoms with Crippen LogP contribution in [0.3, 0.4) is 0 Å². The average Bonchev–Trinajstić information content (AvgIpc) is 2.85. The minimum Gasteiger partial charge on any atom is -0.332 e. The van der Waals surface area contributed by atoms with Gasteiger partial charge in [-0.1, -0.05) is 6.92 Å². The second-order valence-electron chi connectivity index (χ2n) is 3.96. The number of aryl methyl sites for hydroxylation is 1. The van der Waals surface area contributed by atoms with Crippen molar-refractivity contribution in [2.24, 2.45) is 5.73 Å². The predicted octanol–water partition coefficient (Wildman–Crippen LogP) is -0.306. The highest BCUT2D eigenvalue weighted by Crippen LogP contribution is 2.18. The maximum absolute atomic E-state index is 12.1. The Hall–Kier alpha value is -0.920. The highest BCUT2D eigenvalue weighted by atomic mass is 32.2. The number of hydrogen-bond donors (Lipinski definition) is 2. The van der Waals surface area contributed by atoms with E-state index in [4.69, 9.17) is 5.73 Å². The van der Waals surface area contributed by atoms with E-state index in [-0.39, 0.29) is 11.1 Å². The third-order valence-corrected chi connectivity index (χ3v) is 4.52. The van der Waals surface area contributed by atoms with E-state index in [1.54, 1.807) is 0 Å². The second kappa shape index (κ2) is 4.15. The topological polar surface area (TPSA) is 92.1 Å². The van der Waals surface area contributed by atoms with Gasteiger partial charge in [0.05, 0.1) is 6.20 Å². The van der Waals surface area contributed by atoms with Crippen LogP contribution in [0.2, 0.25) is 0 Å². The van der Waals surface area contributed by atoms with E-state index in [9.17, 15) is 8.42 Å². The molecule has 0 spiro atoms. The van der Waals surface area contributed by atoms with Crippen LogP contribution in [0, 0.1) is 0 Å². The molecule has 2 rings (SSSR count). The Labute approximate surface area is 94.9 Å². The van der Waals surface area contributed by atoms with Gasteiger partial charge in [-0.15, -0.1) is 0 Å². The number of rotatable bonds is 3. The number of aromatic amines is 1. The molecule has 1 atom stereocenters. The van der Waals surface area contributed by atoms with Crippen molar-refractivity contribution in [2.75, 3.05) is 13.1 Å². The van der Waals surface area contributed by atoms with E-state index in [0.29, 0.717) is 31.8 Å². The third-order valence-electron chi connectivity index (χ3n) is 2.75. The molecule has 90 valence electrons. The van der Waals surface area contributed by atoms with Crippen molar-refractivity contribution in [1.82, 2.24) is 14.3 Å². The van der Waals surface area contributed by atoms with Crippen LogP contribution in [0.25, 0.3) is 0 Å². The molecule has 1 aliphatic rings. The van der Waals surface area contributed by atoms with Crippen LogP contribution < -0.4 is 5.73 Å². The number of nitrogens with one attached hydrogen (secondary N) is 1. The SMILES string of the molecule is CCc1ncc(S(=O)(=O)N2CCC(N)C2)[nH]1. The number of hydrogen-bond acceptors (Lipinski definition) is 4. The number of nitrogens with two attached hydrogens (primary N) is 1. The monoisotopic (exact) mass is 244 g/mol. The molecular formula is C9H16N4O2S. The zero-order valence-corrected chi connectivity index (χ0v) is 10.00. The zero-order valence-electron chi connectivity index (χ0n) is 9.18. The van der Waals surface area contributed by atoms with Crippen molar-refractivity contribution in [3.05, 3.63) is 12.0 Å². The van der Waals surface area contributed by atoms with Crippen molar-refractivity contribution in [2.45, 2.75) is 30.8 Å². The van der Waals surface area contributed by atoms with Crippen molar-refractivity contribution in [3.63, 3.8) is 0 Å². The van der Waals surface area contributed by atoms with Gasteiger partial charge in [0, 0.05) is 25.6 Å². The fourth-order valence-electron chi connectivity index (χ4n) is 1.77. The molecule has 0 saturated carbocycles. The molecule has 1 aromatic heterocycles. The van der Waals surface area contributed by atoms with Gasteiger partial charge in [0.1, 0.15) is 5.82 Å². The first-order chi connectivity index (χ1) is 7.54. The quantitative estimate of drug-likeness (QED) is 0.763. The number of aromatic nitrogens is 2. The summed E-state index contributed by atoms with van der Waals surface area (Å²) in [6.45, 7) is 2.80. The van der Waals surface area contributed by atoms with Crippen LogP contribution in [-0.2, 0) is 16.4 Å². The minimum absolute atomic E-state index is 0.0525. The summed E-state index contributed by atoms with van der Waals surface area (Å²) in [5.74, 6) is 0.682. The maximum Gasteiger partial charge on any atom is 0.260 e. The second-order valence-corrected chi connectivity index (χ2v) is 5.87. The van der Waals surface area contributed by atoms with Gasteiger partial charge in [-0.2, -0.15) is 4.31 Å². The summed E-state index contributed by atoms with van der Waals surface area (Å²) in [4.78, 5) is 6.81. The number of imidazole rings is 1. The molecule has 6 nitrogen and oxygen atoms in total. The van der Waals surface area contributed by atoms with Gasteiger partial charge in [-0.3, -0.25) is 0 Å². The smallest absolute Gasteiger partial charge is 0.260 e. The van der Waals surface area contributed by atoms with Crippen LogP contribution in [0.1, 0.15) is 19.2 Å². The Kier molecular flexibility index (Phi) is 3.00. The van der Waals surface area contributed by atoms with Crippen LogP contribution in [0.4, 0.5) is 0 Å². The van der Waals surface area contributed by atoms with E-state index in [1.165, 1.54) is 10.5 Å². The van der Waals surface area contributed by atoms with E-state index in [1.807, 2.05) is 6.92 Å². The summed E-state index contributed by atoms with van der Waals surface area (Å²) in [5.41, 5.74) is 5.70. The molecule has 0 bridgehead atoms. The summed E-state index contributed by atoms with van der Waals surface area (Å²) in [5, 5.41) is 0.165. The Balaban J connectivity index is 2.25. The predicted molar refractivity (Wildman–Crippen MR) is 59.3 cm³/mol. The molecule has 0 radical (unpaired) electrons. The van der Waals surface area contributed by atoms with Gasteiger partial charge in [0.25, 0.3) is 10.0 Å². The molecule has 2 heterocycles. The van der Waals surface area contributed by atoms with Gasteiger partial charge in [0.2, 0.25) is 0 Å². The largest absolute Gasteiger partial charge is 0.332 e. The van der Waals surface area contributed by atoms with Crippen LogP contribution >= 0.6 is 0 Å². The summed E-state index contributed by atoms with van der Waals surface area (Å²) in [6, 6.07) is -0.0525. The van der Waals surface area contributed by atoms with Crippen molar-refractivity contribution in [1.29, 1.82) is 0 Å². The molecule has 1 fully saturated rings. The molecule has 1 unspecified atom stereocenters. The van der Waals surface area contributed by atoms with E-state index >= 15 is 0 Å². The summed E-state index contributed by atoms with van der Waals surface area (Å²) >= 11 is 0. The highest BCUT2D eigenvalue weighted by Gasteiger charge is 2.32. The van der Waals surface area contributed by atoms with Gasteiger partial charge in [-0.05, 0) is 6.42 Å². The lowest BCUT2D eigenvalue weighted by atomic mass is 10.3. The van der Waals surface area contributed by atoms with Crippen LogP contribution in [-0.4, -0.2) is 41.8 Å². The molecule has 16 heavy (non-hydrogen) atoms. The Morgan fingerprint density at radius 3 is 2.94 bits per heavy atom. The number of nitrogens with zero attached hydrogens (tertiary/aromatic N) is 2. The van der Waals surface area contributed by atoms with Crippen LogP contribution in [0.15, 0.2) is 11.2 Å². The minimum atomic E-state index is -3.43. The molecule has 1 saturated heterocycles. The molecule has 1 aromatic rings. The zero-order chi connectivity index (χ0) is 11.8. The van der Waals surface area contributed by atoms with Crippen molar-refractivity contribution >= 4 is 10.0 Å². The van der Waals surface area contributed by atoms with Gasteiger partial charge >= 0.3 is 0 Å². The van der Waals surface area contributed by atoms with Crippen molar-refractivity contribution < 1.29 is 8.42 Å². The average molecular weight is 244 g/mol. The Bertz CT molecular complexity index is 468. The molecule has 0 aliphatic carbocycles. The van der Waals surface area contributed by atoms with E-state index in [0.717, 1.165) is 0 Å². The Morgan fingerprint density at radius 1 is 1.69 bits per heavy atom. The maximum atomic E-state index is 12.1. The standard InChI is InChI=1S/C9H16N4O2S/c1-2-8-11-5-9(12-8)16(14,15)13-4-3-7(10)6-13/h5,7H,2-4,6,10H2,1H3,(H,11,12). The van der Waals surface area contributed by atoms with Gasteiger partial charge in [-0.25, -0.2) is 13.4 Å². The normalized spacial score (nSPS) is 22.8. The summed E-state index contributed by atoms with van der Waals surface area (Å²) in [7, 11) is -3.43. The Morgan fingerprint density at radius 2 is 2.44 bits per heavy atom. The van der Waals surface area contributed by atoms with E-state index < -0.39 is 10.0 Å². The molecule has 0 amide bonds. The lowest BCUT2D eigenvalue weighted by Crippen LogP contribution is -2.32. The fourth-order valence-corrected chi connectivity index (χ4v) is 3.21. The first-order valence-electron chi connectivity index (χ1n) is 5.33. The molecular weight excluding hydrogens is 228 g/mol.